The quantitative estimate of drug-likeness (QED) is 0.910. The molecule has 1 aliphatic heterocycles. The van der Waals surface area contributed by atoms with Crippen LogP contribution in [0.3, 0.4) is 0 Å². The van der Waals surface area contributed by atoms with Crippen LogP contribution in [0.5, 0.6) is 0 Å². The third-order valence-electron chi connectivity index (χ3n) is 3.54. The van der Waals surface area contributed by atoms with Crippen molar-refractivity contribution in [3.8, 4) is 0 Å². The fraction of sp³-hybridized carbons (Fsp3) is 0.333. The van der Waals surface area contributed by atoms with Gasteiger partial charge in [-0.05, 0) is 18.1 Å². The van der Waals surface area contributed by atoms with E-state index in [2.05, 4.69) is 22.0 Å². The van der Waals surface area contributed by atoms with Crippen LogP contribution in [0, 0.1) is 5.92 Å². The summed E-state index contributed by atoms with van der Waals surface area (Å²) in [6.45, 7) is 2.53. The van der Waals surface area contributed by atoms with E-state index in [-0.39, 0.29) is 6.42 Å². The van der Waals surface area contributed by atoms with E-state index >= 15 is 0 Å². The van der Waals surface area contributed by atoms with Crippen molar-refractivity contribution < 1.29 is 9.90 Å². The van der Waals surface area contributed by atoms with E-state index in [9.17, 15) is 4.79 Å². The van der Waals surface area contributed by atoms with Crippen LogP contribution in [-0.4, -0.2) is 34.0 Å². The highest BCUT2D eigenvalue weighted by molar-refractivity contribution is 5.78. The molecule has 0 spiro atoms. The Morgan fingerprint density at radius 2 is 2.05 bits per heavy atom. The number of carbonyl (C=O) groups is 1. The minimum absolute atomic E-state index is 0.279. The number of carboxylic acids is 1. The highest BCUT2D eigenvalue weighted by Gasteiger charge is 2.28. The van der Waals surface area contributed by atoms with Gasteiger partial charge in [-0.15, -0.1) is 0 Å². The fourth-order valence-corrected chi connectivity index (χ4v) is 2.61. The molecule has 0 unspecified atom stereocenters. The number of carboxylic acid groups (broad SMARTS) is 1. The van der Waals surface area contributed by atoms with Crippen molar-refractivity contribution in [1.29, 1.82) is 0 Å². The molecule has 0 aliphatic carbocycles. The van der Waals surface area contributed by atoms with Crippen molar-refractivity contribution >= 4 is 16.9 Å². The molecule has 2 aromatic rings. The normalized spacial score (nSPS) is 16.4. The number of para-hydroxylation sites is 1. The molecular weight excluding hydrogens is 240 g/mol. The molecule has 1 aromatic heterocycles. The van der Waals surface area contributed by atoms with Crippen LogP contribution in [0.15, 0.2) is 36.4 Å². The minimum Gasteiger partial charge on any atom is -0.481 e. The molecule has 98 valence electrons. The lowest BCUT2D eigenvalue weighted by Gasteiger charge is -2.38. The Balaban J connectivity index is 1.62. The first-order valence-corrected chi connectivity index (χ1v) is 6.49. The predicted octanol–water partition coefficient (Wildman–Crippen LogP) is 2.14. The zero-order valence-corrected chi connectivity index (χ0v) is 10.6. The van der Waals surface area contributed by atoms with Crippen LogP contribution in [0.2, 0.25) is 0 Å². The van der Waals surface area contributed by atoms with Gasteiger partial charge in [-0.3, -0.25) is 14.7 Å². The third-order valence-corrected chi connectivity index (χ3v) is 3.54. The number of aromatic nitrogens is 1. The largest absolute Gasteiger partial charge is 0.481 e. The number of likely N-dealkylation sites (tertiary alicyclic amines) is 1. The zero-order valence-electron chi connectivity index (χ0n) is 10.6. The number of benzene rings is 1. The van der Waals surface area contributed by atoms with Crippen LogP contribution >= 0.6 is 0 Å². The maximum atomic E-state index is 10.6. The van der Waals surface area contributed by atoms with Gasteiger partial charge in [-0.1, -0.05) is 24.3 Å². The molecule has 4 heteroatoms. The number of aliphatic carboxylic acids is 1. The summed E-state index contributed by atoms with van der Waals surface area (Å²) in [6, 6.07) is 12.2. The third kappa shape index (κ3) is 2.74. The van der Waals surface area contributed by atoms with E-state index < -0.39 is 5.97 Å². The first-order chi connectivity index (χ1) is 9.20. The Morgan fingerprint density at radius 1 is 1.26 bits per heavy atom. The first-order valence-electron chi connectivity index (χ1n) is 6.49. The van der Waals surface area contributed by atoms with Gasteiger partial charge in [0.05, 0.1) is 17.6 Å². The highest BCUT2D eigenvalue weighted by Crippen LogP contribution is 2.21. The average Bonchev–Trinajstić information content (AvgIpc) is 2.35. The van der Waals surface area contributed by atoms with E-state index in [1.807, 2.05) is 24.3 Å². The number of rotatable bonds is 4. The molecule has 0 bridgehead atoms. The van der Waals surface area contributed by atoms with Gasteiger partial charge in [-0.2, -0.15) is 0 Å². The SMILES string of the molecule is O=C(O)CC1CN(Cc2ccc3ccccc3n2)C1. The first kappa shape index (κ1) is 12.1. The van der Waals surface area contributed by atoms with E-state index in [1.165, 1.54) is 0 Å². The maximum Gasteiger partial charge on any atom is 0.303 e. The van der Waals surface area contributed by atoms with Crippen molar-refractivity contribution in [2.24, 2.45) is 5.92 Å². The van der Waals surface area contributed by atoms with E-state index in [1.54, 1.807) is 0 Å². The van der Waals surface area contributed by atoms with Gasteiger partial charge in [0, 0.05) is 25.0 Å². The van der Waals surface area contributed by atoms with Crippen LogP contribution < -0.4 is 0 Å². The Labute approximate surface area is 111 Å². The molecule has 0 amide bonds. The van der Waals surface area contributed by atoms with Crippen LogP contribution in [0.25, 0.3) is 10.9 Å². The Bertz CT molecular complexity index is 606. The number of hydrogen-bond acceptors (Lipinski definition) is 3. The average molecular weight is 256 g/mol. The number of fused-ring (bicyclic) bond motifs is 1. The molecule has 4 nitrogen and oxygen atoms in total. The minimum atomic E-state index is -0.700. The second-order valence-electron chi connectivity index (χ2n) is 5.15. The molecule has 3 rings (SSSR count). The van der Waals surface area contributed by atoms with Crippen LogP contribution in [0.4, 0.5) is 0 Å². The monoisotopic (exact) mass is 256 g/mol. The van der Waals surface area contributed by atoms with Crippen molar-refractivity contribution in [3.63, 3.8) is 0 Å². The summed E-state index contributed by atoms with van der Waals surface area (Å²) in [5.74, 6) is -0.397. The standard InChI is InChI=1S/C15H16N2O2/c18-15(19)7-11-8-17(9-11)10-13-6-5-12-3-1-2-4-14(12)16-13/h1-6,11H,7-10H2,(H,18,19). The van der Waals surface area contributed by atoms with Gasteiger partial charge >= 0.3 is 5.97 Å². The van der Waals surface area contributed by atoms with Gasteiger partial charge in [-0.25, -0.2) is 0 Å². The number of pyridine rings is 1. The summed E-state index contributed by atoms with van der Waals surface area (Å²) in [7, 11) is 0. The highest BCUT2D eigenvalue weighted by atomic mass is 16.4. The molecule has 0 saturated carbocycles. The summed E-state index contributed by atoms with van der Waals surface area (Å²) in [5.41, 5.74) is 2.06. The lowest BCUT2D eigenvalue weighted by molar-refractivity contribution is -0.139. The molecule has 1 aromatic carbocycles. The summed E-state index contributed by atoms with van der Waals surface area (Å²) in [5, 5.41) is 9.86. The van der Waals surface area contributed by atoms with Crippen molar-refractivity contribution in [2.75, 3.05) is 13.1 Å². The van der Waals surface area contributed by atoms with Gasteiger partial charge in [0.1, 0.15) is 0 Å². The zero-order chi connectivity index (χ0) is 13.2. The summed E-state index contributed by atoms with van der Waals surface area (Å²) in [6.07, 6.45) is 0.279. The van der Waals surface area contributed by atoms with Gasteiger partial charge in [0.2, 0.25) is 0 Å². The van der Waals surface area contributed by atoms with E-state index in [0.29, 0.717) is 5.92 Å². The van der Waals surface area contributed by atoms with E-state index in [4.69, 9.17) is 5.11 Å². The predicted molar refractivity (Wildman–Crippen MR) is 72.8 cm³/mol. The molecule has 0 atom stereocenters. The van der Waals surface area contributed by atoms with Gasteiger partial charge in [0.15, 0.2) is 0 Å². The molecule has 1 N–H and O–H groups in total. The Morgan fingerprint density at radius 3 is 2.84 bits per heavy atom. The Hall–Kier alpha value is -1.94. The fourth-order valence-electron chi connectivity index (χ4n) is 2.61. The summed E-state index contributed by atoms with van der Waals surface area (Å²) in [4.78, 5) is 17.4. The maximum absolute atomic E-state index is 10.6. The Kier molecular flexibility index (Phi) is 3.17. The van der Waals surface area contributed by atoms with E-state index in [0.717, 1.165) is 36.2 Å². The van der Waals surface area contributed by atoms with Crippen molar-refractivity contribution in [2.45, 2.75) is 13.0 Å². The molecular formula is C15H16N2O2. The van der Waals surface area contributed by atoms with Crippen molar-refractivity contribution in [3.05, 3.63) is 42.1 Å². The topological polar surface area (TPSA) is 53.4 Å². The van der Waals surface area contributed by atoms with Crippen LogP contribution in [-0.2, 0) is 11.3 Å². The molecule has 1 fully saturated rings. The van der Waals surface area contributed by atoms with Gasteiger partial charge < -0.3 is 5.11 Å². The summed E-state index contributed by atoms with van der Waals surface area (Å²) >= 11 is 0. The molecule has 1 aliphatic rings. The second-order valence-corrected chi connectivity index (χ2v) is 5.15. The lowest BCUT2D eigenvalue weighted by Crippen LogP contribution is -2.46. The number of hydrogen-bond donors (Lipinski definition) is 1. The molecule has 2 heterocycles. The molecule has 1 saturated heterocycles. The number of nitrogens with zero attached hydrogens (tertiary/aromatic N) is 2. The second kappa shape index (κ2) is 4.97. The lowest BCUT2D eigenvalue weighted by atomic mass is 9.96. The van der Waals surface area contributed by atoms with Crippen LogP contribution in [0.1, 0.15) is 12.1 Å². The summed E-state index contributed by atoms with van der Waals surface area (Å²) < 4.78 is 0. The van der Waals surface area contributed by atoms with Gasteiger partial charge in [0.25, 0.3) is 0 Å². The smallest absolute Gasteiger partial charge is 0.303 e. The molecule has 19 heavy (non-hydrogen) atoms. The molecule has 0 radical (unpaired) electrons. The van der Waals surface area contributed by atoms with Crippen molar-refractivity contribution in [1.82, 2.24) is 9.88 Å².